The molecule has 3 heterocycles. The second kappa shape index (κ2) is 10.6. The Balaban J connectivity index is 1.34. The van der Waals surface area contributed by atoms with Gasteiger partial charge in [0.15, 0.2) is 0 Å². The third kappa shape index (κ3) is 6.66. The van der Waals surface area contributed by atoms with Gasteiger partial charge >= 0.3 is 6.18 Å². The van der Waals surface area contributed by atoms with Gasteiger partial charge in [-0.3, -0.25) is 19.0 Å². The van der Waals surface area contributed by atoms with E-state index in [1.54, 1.807) is 66.7 Å². The number of benzene rings is 1. The number of hydrogen-bond donors (Lipinski definition) is 3. The van der Waals surface area contributed by atoms with Crippen LogP contribution in [0.4, 0.5) is 18.9 Å². The van der Waals surface area contributed by atoms with E-state index >= 15 is 0 Å². The maximum Gasteiger partial charge on any atom is 0.401 e. The van der Waals surface area contributed by atoms with Gasteiger partial charge in [0.05, 0.1) is 24.0 Å². The van der Waals surface area contributed by atoms with E-state index in [9.17, 15) is 22.8 Å². The van der Waals surface area contributed by atoms with E-state index in [4.69, 9.17) is 0 Å². The summed E-state index contributed by atoms with van der Waals surface area (Å²) in [6, 6.07) is 10.3. The molecule has 0 fully saturated rings. The van der Waals surface area contributed by atoms with Crippen molar-refractivity contribution in [3.05, 3.63) is 60.7 Å². The van der Waals surface area contributed by atoms with Gasteiger partial charge in [0, 0.05) is 49.2 Å². The van der Waals surface area contributed by atoms with Crippen molar-refractivity contribution >= 4 is 28.4 Å². The maximum atomic E-state index is 12.8. The van der Waals surface area contributed by atoms with Crippen LogP contribution in [0.2, 0.25) is 0 Å². The van der Waals surface area contributed by atoms with Gasteiger partial charge in [0.25, 0.3) is 5.91 Å². The quantitative estimate of drug-likeness (QED) is 0.304. The molecule has 4 aromatic rings. The second-order valence-electron chi connectivity index (χ2n) is 8.01. The fourth-order valence-electron chi connectivity index (χ4n) is 3.43. The van der Waals surface area contributed by atoms with Crippen molar-refractivity contribution in [2.75, 3.05) is 25.0 Å². The fourth-order valence-corrected chi connectivity index (χ4v) is 3.43. The van der Waals surface area contributed by atoms with Crippen LogP contribution in [0.3, 0.4) is 0 Å². The lowest BCUT2D eigenvalue weighted by Gasteiger charge is -2.09. The summed E-state index contributed by atoms with van der Waals surface area (Å²) in [6.45, 7) is -1.16. The molecule has 10 nitrogen and oxygen atoms in total. The molecule has 0 saturated carbocycles. The minimum atomic E-state index is -4.29. The van der Waals surface area contributed by atoms with Crippen LogP contribution in [0.5, 0.6) is 0 Å². The van der Waals surface area contributed by atoms with Crippen molar-refractivity contribution < 1.29 is 22.8 Å². The number of fused-ring (bicyclic) bond motifs is 1. The van der Waals surface area contributed by atoms with Gasteiger partial charge in [-0.25, -0.2) is 4.98 Å². The van der Waals surface area contributed by atoms with E-state index in [-0.39, 0.29) is 37.1 Å². The fraction of sp³-hybridized carbons (Fsp3) is 0.261. The summed E-state index contributed by atoms with van der Waals surface area (Å²) in [5, 5.41) is 16.7. The number of halogens is 3. The average molecular weight is 500 g/mol. The van der Waals surface area contributed by atoms with E-state index in [2.05, 4.69) is 31.1 Å². The Morgan fingerprint density at radius 3 is 2.67 bits per heavy atom. The zero-order chi connectivity index (χ0) is 25.7. The first-order valence-electron chi connectivity index (χ1n) is 10.9. The molecular formula is C23H23F3N8O2. The number of nitrogens with one attached hydrogen (secondary N) is 3. The Labute approximate surface area is 203 Å². The molecule has 0 spiro atoms. The number of hydrogen-bond acceptors (Lipinski definition) is 6. The zero-order valence-corrected chi connectivity index (χ0v) is 19.2. The largest absolute Gasteiger partial charge is 0.401 e. The summed E-state index contributed by atoms with van der Waals surface area (Å²) < 4.78 is 39.4. The van der Waals surface area contributed by atoms with Crippen molar-refractivity contribution in [1.82, 2.24) is 35.2 Å². The third-order valence-corrected chi connectivity index (χ3v) is 5.05. The van der Waals surface area contributed by atoms with Crippen LogP contribution >= 0.6 is 0 Å². The lowest BCUT2D eigenvalue weighted by Crippen LogP contribution is -2.37. The Hall–Kier alpha value is -4.26. The standard InChI is InChI=1S/C23H23F3N8O2/c1-33-11-16(10-29-33)18-3-2-4-20(31-18)22(36)30-17-5-6-19-15(9-17)12-34(32-19)13-21(35)28-8-7-27-14-23(24,25)26/h2-6,9-12,27H,7-8,13-14H2,1H3,(H,28,35)(H,30,36). The van der Waals surface area contributed by atoms with Crippen molar-refractivity contribution in [1.29, 1.82) is 0 Å². The summed E-state index contributed by atoms with van der Waals surface area (Å²) in [7, 11) is 1.80. The third-order valence-electron chi connectivity index (χ3n) is 5.05. The molecular weight excluding hydrogens is 477 g/mol. The summed E-state index contributed by atoms with van der Waals surface area (Å²) in [5.41, 5.74) is 2.81. The van der Waals surface area contributed by atoms with Crippen molar-refractivity contribution in [3.8, 4) is 11.3 Å². The first-order chi connectivity index (χ1) is 17.2. The molecule has 3 N–H and O–H groups in total. The monoisotopic (exact) mass is 500 g/mol. The van der Waals surface area contributed by atoms with Gasteiger partial charge in [0.2, 0.25) is 5.91 Å². The number of carbonyl (C=O) groups excluding carboxylic acids is 2. The topological polar surface area (TPSA) is 119 Å². The highest BCUT2D eigenvalue weighted by Gasteiger charge is 2.25. The first kappa shape index (κ1) is 24.9. The molecule has 2 amide bonds. The van der Waals surface area contributed by atoms with E-state index in [1.807, 2.05) is 0 Å². The highest BCUT2D eigenvalue weighted by Crippen LogP contribution is 2.20. The van der Waals surface area contributed by atoms with Gasteiger partial charge in [-0.1, -0.05) is 6.07 Å². The highest BCUT2D eigenvalue weighted by molar-refractivity contribution is 6.04. The van der Waals surface area contributed by atoms with Crippen molar-refractivity contribution in [2.45, 2.75) is 12.7 Å². The van der Waals surface area contributed by atoms with Gasteiger partial charge in [0.1, 0.15) is 12.2 Å². The molecule has 0 aliphatic heterocycles. The van der Waals surface area contributed by atoms with Crippen LogP contribution in [-0.4, -0.2) is 62.2 Å². The predicted molar refractivity (Wildman–Crippen MR) is 126 cm³/mol. The van der Waals surface area contributed by atoms with Crippen LogP contribution in [-0.2, 0) is 18.4 Å². The van der Waals surface area contributed by atoms with Gasteiger partial charge in [-0.05, 0) is 30.3 Å². The molecule has 0 radical (unpaired) electrons. The van der Waals surface area contributed by atoms with Gasteiger partial charge in [-0.15, -0.1) is 0 Å². The van der Waals surface area contributed by atoms with E-state index in [1.165, 1.54) is 4.68 Å². The number of anilines is 1. The lowest BCUT2D eigenvalue weighted by molar-refractivity contribution is -0.124. The van der Waals surface area contributed by atoms with E-state index in [0.29, 0.717) is 22.3 Å². The molecule has 1 aromatic carbocycles. The number of aryl methyl sites for hydroxylation is 1. The van der Waals surface area contributed by atoms with Gasteiger partial charge < -0.3 is 16.0 Å². The normalized spacial score (nSPS) is 11.6. The summed E-state index contributed by atoms with van der Waals surface area (Å²) in [4.78, 5) is 29.2. The summed E-state index contributed by atoms with van der Waals surface area (Å²) in [5.74, 6) is -0.768. The minimum absolute atomic E-state index is 0.00457. The highest BCUT2D eigenvalue weighted by atomic mass is 19.4. The lowest BCUT2D eigenvalue weighted by atomic mass is 10.2. The van der Waals surface area contributed by atoms with Crippen LogP contribution in [0, 0.1) is 0 Å². The second-order valence-corrected chi connectivity index (χ2v) is 8.01. The Bertz CT molecular complexity index is 1380. The molecule has 0 aliphatic carbocycles. The number of amides is 2. The molecule has 36 heavy (non-hydrogen) atoms. The number of pyridine rings is 1. The summed E-state index contributed by atoms with van der Waals surface area (Å²) in [6.07, 6.45) is 0.826. The predicted octanol–water partition coefficient (Wildman–Crippen LogP) is 2.35. The SMILES string of the molecule is Cn1cc(-c2cccc(C(=O)Nc3ccc4nn(CC(=O)NCCNCC(F)(F)F)cc4c3)n2)cn1. The number of nitrogens with zero attached hydrogens (tertiary/aromatic N) is 5. The van der Waals surface area contributed by atoms with Crippen LogP contribution in [0.15, 0.2) is 55.0 Å². The van der Waals surface area contributed by atoms with Crippen molar-refractivity contribution in [2.24, 2.45) is 7.05 Å². The number of alkyl halides is 3. The number of aromatic nitrogens is 5. The molecule has 0 bridgehead atoms. The van der Waals surface area contributed by atoms with Crippen LogP contribution in [0.25, 0.3) is 22.2 Å². The molecule has 188 valence electrons. The van der Waals surface area contributed by atoms with Crippen LogP contribution < -0.4 is 16.0 Å². The zero-order valence-electron chi connectivity index (χ0n) is 19.2. The average Bonchev–Trinajstić information content (AvgIpc) is 3.43. The maximum absolute atomic E-state index is 12.8. The first-order valence-corrected chi connectivity index (χ1v) is 10.9. The van der Waals surface area contributed by atoms with Gasteiger partial charge in [-0.2, -0.15) is 23.4 Å². The molecule has 0 unspecified atom stereocenters. The molecule has 13 heteroatoms. The molecule has 0 saturated heterocycles. The Morgan fingerprint density at radius 1 is 1.08 bits per heavy atom. The Morgan fingerprint density at radius 2 is 1.92 bits per heavy atom. The van der Waals surface area contributed by atoms with E-state index < -0.39 is 12.7 Å². The smallest absolute Gasteiger partial charge is 0.353 e. The molecule has 4 rings (SSSR count). The number of carbonyl (C=O) groups is 2. The van der Waals surface area contributed by atoms with Crippen molar-refractivity contribution in [3.63, 3.8) is 0 Å². The van der Waals surface area contributed by atoms with E-state index in [0.717, 1.165) is 5.56 Å². The number of rotatable bonds is 9. The summed E-state index contributed by atoms with van der Waals surface area (Å²) >= 11 is 0. The molecule has 0 atom stereocenters. The molecule has 0 aliphatic rings. The molecule has 3 aromatic heterocycles. The minimum Gasteiger partial charge on any atom is -0.353 e. The Kier molecular flexibility index (Phi) is 7.29. The van der Waals surface area contributed by atoms with Crippen LogP contribution in [0.1, 0.15) is 10.5 Å².